The number of nitrogens with one attached hydrogen (secondary N) is 1. The quantitative estimate of drug-likeness (QED) is 0.892. The molecule has 1 saturated carbocycles. The van der Waals surface area contributed by atoms with Crippen molar-refractivity contribution in [2.45, 2.75) is 56.8 Å². The summed E-state index contributed by atoms with van der Waals surface area (Å²) in [7, 11) is 0. The molecule has 1 atom stereocenters. The fourth-order valence-electron chi connectivity index (χ4n) is 4.18. The highest BCUT2D eigenvalue weighted by Crippen LogP contribution is 2.36. The zero-order valence-corrected chi connectivity index (χ0v) is 14.4. The molecule has 2 saturated heterocycles. The molecule has 0 radical (unpaired) electrons. The molecule has 4 rings (SSSR count). The van der Waals surface area contributed by atoms with Gasteiger partial charge in [0, 0.05) is 50.7 Å². The Morgan fingerprint density at radius 1 is 1.17 bits per heavy atom. The van der Waals surface area contributed by atoms with Crippen LogP contribution in [-0.2, 0) is 16.0 Å². The van der Waals surface area contributed by atoms with Gasteiger partial charge in [-0.2, -0.15) is 0 Å². The van der Waals surface area contributed by atoms with E-state index in [1.165, 1.54) is 31.2 Å². The van der Waals surface area contributed by atoms with Crippen LogP contribution < -0.4 is 5.32 Å². The third kappa shape index (κ3) is 3.87. The molecular formula is C18H28N4O2. The fourth-order valence-corrected chi connectivity index (χ4v) is 4.18. The standard InChI is InChI=1S/C18H28N4O2/c1-2-6-18(5-1)14-22(7-9-24-18)13-15-10-19-17(20-11-15)21-12-16-4-3-8-23-16/h10-11,16H,1-9,12-14H2,(H,19,20,21). The molecule has 1 spiro atoms. The number of anilines is 1. The average Bonchev–Trinajstić information content (AvgIpc) is 3.27. The van der Waals surface area contributed by atoms with Crippen LogP contribution >= 0.6 is 0 Å². The summed E-state index contributed by atoms with van der Waals surface area (Å²) in [6.45, 7) is 5.49. The van der Waals surface area contributed by atoms with Crippen LogP contribution in [0.3, 0.4) is 0 Å². The number of hydrogen-bond donors (Lipinski definition) is 1. The first-order valence-electron chi connectivity index (χ1n) is 9.34. The van der Waals surface area contributed by atoms with Crippen molar-refractivity contribution in [2.24, 2.45) is 0 Å². The molecule has 1 aliphatic carbocycles. The van der Waals surface area contributed by atoms with Gasteiger partial charge in [0.2, 0.25) is 5.95 Å². The minimum atomic E-state index is 0.127. The van der Waals surface area contributed by atoms with E-state index in [4.69, 9.17) is 9.47 Å². The number of rotatable bonds is 5. The molecule has 3 heterocycles. The van der Waals surface area contributed by atoms with Crippen LogP contribution in [0.1, 0.15) is 44.1 Å². The van der Waals surface area contributed by atoms with Crippen molar-refractivity contribution in [3.63, 3.8) is 0 Å². The van der Waals surface area contributed by atoms with Crippen molar-refractivity contribution in [3.05, 3.63) is 18.0 Å². The molecule has 1 aromatic rings. The van der Waals surface area contributed by atoms with Crippen LogP contribution in [0.2, 0.25) is 0 Å². The van der Waals surface area contributed by atoms with Crippen LogP contribution in [0.5, 0.6) is 0 Å². The van der Waals surface area contributed by atoms with Gasteiger partial charge in [-0.05, 0) is 25.7 Å². The topological polar surface area (TPSA) is 59.5 Å². The Labute approximate surface area is 143 Å². The lowest BCUT2D eigenvalue weighted by Gasteiger charge is -2.40. The first-order chi connectivity index (χ1) is 11.8. The summed E-state index contributed by atoms with van der Waals surface area (Å²) in [6, 6.07) is 0. The second-order valence-electron chi connectivity index (χ2n) is 7.38. The smallest absolute Gasteiger partial charge is 0.222 e. The molecule has 0 amide bonds. The second-order valence-corrected chi connectivity index (χ2v) is 7.38. The van der Waals surface area contributed by atoms with Crippen LogP contribution in [0.4, 0.5) is 5.95 Å². The van der Waals surface area contributed by atoms with Gasteiger partial charge in [-0.1, -0.05) is 12.8 Å². The van der Waals surface area contributed by atoms with Crippen LogP contribution in [0.25, 0.3) is 0 Å². The first kappa shape index (κ1) is 16.2. The van der Waals surface area contributed by atoms with Crippen molar-refractivity contribution in [1.29, 1.82) is 0 Å². The van der Waals surface area contributed by atoms with Gasteiger partial charge in [0.05, 0.1) is 18.3 Å². The highest BCUT2D eigenvalue weighted by Gasteiger charge is 2.39. The molecule has 132 valence electrons. The Hall–Kier alpha value is -1.24. The number of hydrogen-bond acceptors (Lipinski definition) is 6. The molecule has 0 bridgehead atoms. The van der Waals surface area contributed by atoms with Gasteiger partial charge >= 0.3 is 0 Å². The highest BCUT2D eigenvalue weighted by molar-refractivity contribution is 5.25. The summed E-state index contributed by atoms with van der Waals surface area (Å²) in [6.07, 6.45) is 11.5. The van der Waals surface area contributed by atoms with E-state index in [9.17, 15) is 0 Å². The Kier molecular flexibility index (Phi) is 4.96. The Balaban J connectivity index is 1.28. The number of aromatic nitrogens is 2. The lowest BCUT2D eigenvalue weighted by Crippen LogP contribution is -2.49. The zero-order chi connectivity index (χ0) is 16.2. The molecule has 24 heavy (non-hydrogen) atoms. The summed E-state index contributed by atoms with van der Waals surface area (Å²) in [5.74, 6) is 0.698. The molecule has 1 unspecified atom stereocenters. The summed E-state index contributed by atoms with van der Waals surface area (Å²) < 4.78 is 11.7. The fraction of sp³-hybridized carbons (Fsp3) is 0.778. The van der Waals surface area contributed by atoms with Crippen molar-refractivity contribution in [1.82, 2.24) is 14.9 Å². The maximum atomic E-state index is 6.10. The maximum absolute atomic E-state index is 6.10. The average molecular weight is 332 g/mol. The predicted octanol–water partition coefficient (Wildman–Crippen LogP) is 2.21. The van der Waals surface area contributed by atoms with Crippen LogP contribution in [0.15, 0.2) is 12.4 Å². The predicted molar refractivity (Wildman–Crippen MR) is 91.9 cm³/mol. The number of nitrogens with zero attached hydrogens (tertiary/aromatic N) is 3. The van der Waals surface area contributed by atoms with Crippen molar-refractivity contribution in [3.8, 4) is 0 Å². The van der Waals surface area contributed by atoms with Gasteiger partial charge in [-0.25, -0.2) is 9.97 Å². The third-order valence-electron chi connectivity index (χ3n) is 5.47. The summed E-state index contributed by atoms with van der Waals surface area (Å²) >= 11 is 0. The van der Waals surface area contributed by atoms with Gasteiger partial charge in [0.25, 0.3) is 0 Å². The second kappa shape index (κ2) is 7.33. The Morgan fingerprint density at radius 2 is 2.00 bits per heavy atom. The van der Waals surface area contributed by atoms with Gasteiger partial charge in [0.1, 0.15) is 0 Å². The van der Waals surface area contributed by atoms with Gasteiger partial charge in [0.15, 0.2) is 0 Å². The van der Waals surface area contributed by atoms with Gasteiger partial charge in [-0.3, -0.25) is 4.90 Å². The largest absolute Gasteiger partial charge is 0.376 e. The maximum Gasteiger partial charge on any atom is 0.222 e. The molecule has 0 aromatic carbocycles. The SMILES string of the molecule is c1nc(NCC2CCCO2)ncc1CN1CCOC2(CCCC2)C1. The van der Waals surface area contributed by atoms with Crippen molar-refractivity contribution in [2.75, 3.05) is 38.2 Å². The molecule has 1 N–H and O–H groups in total. The van der Waals surface area contributed by atoms with E-state index in [1.807, 2.05) is 12.4 Å². The van der Waals surface area contributed by atoms with Gasteiger partial charge < -0.3 is 14.8 Å². The van der Waals surface area contributed by atoms with E-state index >= 15 is 0 Å². The Bertz CT molecular complexity index is 524. The van der Waals surface area contributed by atoms with E-state index in [-0.39, 0.29) is 5.60 Å². The number of ether oxygens (including phenoxy) is 2. The van der Waals surface area contributed by atoms with Gasteiger partial charge in [-0.15, -0.1) is 0 Å². The molecule has 6 heteroatoms. The molecule has 1 aromatic heterocycles. The van der Waals surface area contributed by atoms with Crippen molar-refractivity contribution >= 4 is 5.95 Å². The van der Waals surface area contributed by atoms with Crippen molar-refractivity contribution < 1.29 is 9.47 Å². The monoisotopic (exact) mass is 332 g/mol. The van der Waals surface area contributed by atoms with Crippen LogP contribution in [0, 0.1) is 0 Å². The first-order valence-corrected chi connectivity index (χ1v) is 9.34. The third-order valence-corrected chi connectivity index (χ3v) is 5.47. The minimum Gasteiger partial charge on any atom is -0.376 e. The lowest BCUT2D eigenvalue weighted by molar-refractivity contribution is -0.107. The van der Waals surface area contributed by atoms with E-state index in [0.717, 1.165) is 52.2 Å². The van der Waals surface area contributed by atoms with E-state index in [0.29, 0.717) is 12.1 Å². The normalized spacial score (nSPS) is 26.9. The lowest BCUT2D eigenvalue weighted by atomic mass is 9.99. The van der Waals surface area contributed by atoms with E-state index < -0.39 is 0 Å². The molecular weight excluding hydrogens is 304 g/mol. The summed E-state index contributed by atoms with van der Waals surface area (Å²) in [4.78, 5) is 11.4. The zero-order valence-electron chi connectivity index (χ0n) is 14.4. The summed E-state index contributed by atoms with van der Waals surface area (Å²) in [5, 5.41) is 3.28. The molecule has 2 aliphatic heterocycles. The van der Waals surface area contributed by atoms with E-state index in [1.54, 1.807) is 0 Å². The Morgan fingerprint density at radius 3 is 2.75 bits per heavy atom. The molecule has 3 fully saturated rings. The molecule has 6 nitrogen and oxygen atoms in total. The minimum absolute atomic E-state index is 0.127. The van der Waals surface area contributed by atoms with E-state index in [2.05, 4.69) is 20.2 Å². The number of morpholine rings is 1. The molecule has 3 aliphatic rings. The highest BCUT2D eigenvalue weighted by atomic mass is 16.5. The van der Waals surface area contributed by atoms with Crippen LogP contribution in [-0.4, -0.2) is 59.4 Å². The summed E-state index contributed by atoms with van der Waals surface area (Å²) in [5.41, 5.74) is 1.30.